The average molecular weight is 389 g/mol. The molecule has 0 aliphatic rings. The number of primary sulfonamides is 1. The van der Waals surface area contributed by atoms with Crippen LogP contribution in [-0.4, -0.2) is 13.3 Å². The summed E-state index contributed by atoms with van der Waals surface area (Å²) in [7, 11) is -3.96. The normalized spacial score (nSPS) is 11.3. The van der Waals surface area contributed by atoms with Crippen LogP contribution in [0.4, 0.5) is 5.69 Å². The number of benzene rings is 2. The number of rotatable bonds is 4. The molecule has 0 aromatic heterocycles. The highest BCUT2D eigenvalue weighted by molar-refractivity contribution is 9.10. The zero-order chi connectivity index (χ0) is 15.6. The smallest absolute Gasteiger partial charge is 0.258 e. The van der Waals surface area contributed by atoms with Gasteiger partial charge in [-0.3, -0.25) is 10.1 Å². The van der Waals surface area contributed by atoms with Gasteiger partial charge in [0.2, 0.25) is 10.0 Å². The summed E-state index contributed by atoms with van der Waals surface area (Å²) in [5.41, 5.74) is -0.193. The monoisotopic (exact) mass is 388 g/mol. The van der Waals surface area contributed by atoms with Crippen molar-refractivity contribution in [1.82, 2.24) is 0 Å². The molecule has 0 fully saturated rings. The fraction of sp³-hybridized carbons (Fsp3) is 0. The molecular formula is C12H9BrN2O4S2. The van der Waals surface area contributed by atoms with Gasteiger partial charge in [-0.05, 0) is 30.3 Å². The van der Waals surface area contributed by atoms with Gasteiger partial charge in [0.25, 0.3) is 5.69 Å². The third-order valence-electron chi connectivity index (χ3n) is 2.49. The van der Waals surface area contributed by atoms with Crippen LogP contribution in [0.15, 0.2) is 61.6 Å². The van der Waals surface area contributed by atoms with Crippen molar-refractivity contribution in [3.8, 4) is 0 Å². The molecule has 2 rings (SSSR count). The molecule has 0 aliphatic heterocycles. The molecular weight excluding hydrogens is 380 g/mol. The molecule has 0 aliphatic carbocycles. The number of nitrogens with zero attached hydrogens (tertiary/aromatic N) is 1. The minimum Gasteiger partial charge on any atom is -0.258 e. The van der Waals surface area contributed by atoms with E-state index < -0.39 is 14.9 Å². The number of halogens is 1. The third-order valence-corrected chi connectivity index (χ3v) is 5.18. The van der Waals surface area contributed by atoms with Crippen molar-refractivity contribution in [2.45, 2.75) is 14.7 Å². The summed E-state index contributed by atoms with van der Waals surface area (Å²) in [6.07, 6.45) is 0. The van der Waals surface area contributed by atoms with E-state index >= 15 is 0 Å². The molecule has 0 bridgehead atoms. The lowest BCUT2D eigenvalue weighted by atomic mass is 10.3. The number of nitrogens with two attached hydrogens (primary N) is 1. The lowest BCUT2D eigenvalue weighted by Gasteiger charge is -2.07. The largest absolute Gasteiger partial charge is 0.270 e. The first-order chi connectivity index (χ1) is 9.77. The highest BCUT2D eigenvalue weighted by atomic mass is 79.9. The van der Waals surface area contributed by atoms with Gasteiger partial charge in [-0.1, -0.05) is 27.7 Å². The summed E-state index contributed by atoms with van der Waals surface area (Å²) < 4.78 is 24.0. The van der Waals surface area contributed by atoms with Gasteiger partial charge in [-0.2, -0.15) is 0 Å². The van der Waals surface area contributed by atoms with E-state index in [1.807, 2.05) is 0 Å². The van der Waals surface area contributed by atoms with E-state index in [9.17, 15) is 18.5 Å². The Morgan fingerprint density at radius 3 is 2.29 bits per heavy atom. The Bertz CT molecular complexity index is 791. The topological polar surface area (TPSA) is 103 Å². The second kappa shape index (κ2) is 6.14. The van der Waals surface area contributed by atoms with Gasteiger partial charge in [0.05, 0.1) is 9.82 Å². The summed E-state index contributed by atoms with van der Waals surface area (Å²) in [6.45, 7) is 0. The van der Waals surface area contributed by atoms with E-state index in [2.05, 4.69) is 15.9 Å². The van der Waals surface area contributed by atoms with Gasteiger partial charge in [0, 0.05) is 26.4 Å². The Morgan fingerprint density at radius 1 is 1.14 bits per heavy atom. The summed E-state index contributed by atoms with van der Waals surface area (Å²) in [6, 6.07) is 10.6. The SMILES string of the molecule is NS(=O)(=O)c1ccc([N+](=O)[O-])cc1Sc1ccc(Br)cc1. The Labute approximate surface area is 133 Å². The predicted octanol–water partition coefficient (Wildman–Crippen LogP) is 3.16. The molecule has 0 amide bonds. The van der Waals surface area contributed by atoms with Gasteiger partial charge >= 0.3 is 0 Å². The highest BCUT2D eigenvalue weighted by Gasteiger charge is 2.19. The number of sulfonamides is 1. The molecule has 110 valence electrons. The zero-order valence-electron chi connectivity index (χ0n) is 10.4. The van der Waals surface area contributed by atoms with Crippen LogP contribution in [-0.2, 0) is 10.0 Å². The Morgan fingerprint density at radius 2 is 1.76 bits per heavy atom. The molecule has 6 nitrogen and oxygen atoms in total. The van der Waals surface area contributed by atoms with Crippen LogP contribution >= 0.6 is 27.7 Å². The molecule has 0 saturated carbocycles. The number of nitro benzene ring substituents is 1. The maximum Gasteiger partial charge on any atom is 0.270 e. The quantitative estimate of drug-likeness (QED) is 0.639. The predicted molar refractivity (Wildman–Crippen MR) is 82.7 cm³/mol. The van der Waals surface area contributed by atoms with E-state index in [4.69, 9.17) is 5.14 Å². The maximum absolute atomic E-state index is 11.6. The number of nitro groups is 1. The van der Waals surface area contributed by atoms with Crippen LogP contribution in [0.1, 0.15) is 0 Å². The molecule has 9 heteroatoms. The van der Waals surface area contributed by atoms with Crippen LogP contribution in [0.2, 0.25) is 0 Å². The van der Waals surface area contributed by atoms with Gasteiger partial charge in [-0.15, -0.1) is 0 Å². The maximum atomic E-state index is 11.6. The summed E-state index contributed by atoms with van der Waals surface area (Å²) >= 11 is 4.39. The van der Waals surface area contributed by atoms with Crippen LogP contribution in [0.25, 0.3) is 0 Å². The highest BCUT2D eigenvalue weighted by Crippen LogP contribution is 2.35. The van der Waals surface area contributed by atoms with Crippen molar-refractivity contribution in [1.29, 1.82) is 0 Å². The van der Waals surface area contributed by atoms with Crippen molar-refractivity contribution in [3.63, 3.8) is 0 Å². The third kappa shape index (κ3) is 4.03. The number of hydrogen-bond acceptors (Lipinski definition) is 5. The van der Waals surface area contributed by atoms with Gasteiger partial charge in [0.1, 0.15) is 0 Å². The van der Waals surface area contributed by atoms with Crippen molar-refractivity contribution < 1.29 is 13.3 Å². The second-order valence-electron chi connectivity index (χ2n) is 3.99. The first-order valence-electron chi connectivity index (χ1n) is 5.52. The van der Waals surface area contributed by atoms with Gasteiger partial charge < -0.3 is 0 Å². The molecule has 2 N–H and O–H groups in total. The van der Waals surface area contributed by atoms with Gasteiger partial charge in [-0.25, -0.2) is 13.6 Å². The summed E-state index contributed by atoms with van der Waals surface area (Å²) in [5.74, 6) is 0. The molecule has 0 unspecified atom stereocenters. The van der Waals surface area contributed by atoms with Crippen molar-refractivity contribution >= 4 is 43.4 Å². The minimum atomic E-state index is -3.96. The fourth-order valence-electron chi connectivity index (χ4n) is 1.55. The standard InChI is InChI=1S/C12H9BrN2O4S2/c13-8-1-4-10(5-2-8)20-11-7-9(15(16)17)3-6-12(11)21(14,18)19/h1-7H,(H2,14,18,19). The number of hydrogen-bond donors (Lipinski definition) is 1. The first kappa shape index (κ1) is 16.0. The van der Waals surface area contributed by atoms with Crippen LogP contribution in [0, 0.1) is 10.1 Å². The second-order valence-corrected chi connectivity index (χ2v) is 7.55. The molecule has 21 heavy (non-hydrogen) atoms. The lowest BCUT2D eigenvalue weighted by Crippen LogP contribution is -2.13. The van der Waals surface area contributed by atoms with E-state index in [1.165, 1.54) is 6.07 Å². The molecule has 0 heterocycles. The Hall–Kier alpha value is -1.42. The average Bonchev–Trinajstić information content (AvgIpc) is 2.40. The fourth-order valence-corrected chi connectivity index (χ4v) is 3.76. The minimum absolute atomic E-state index is 0.138. The van der Waals surface area contributed by atoms with Crippen molar-refractivity contribution in [2.75, 3.05) is 0 Å². The van der Waals surface area contributed by atoms with Crippen LogP contribution < -0.4 is 5.14 Å². The summed E-state index contributed by atoms with van der Waals surface area (Å²) in [5, 5.41) is 16.0. The van der Waals surface area contributed by atoms with Crippen molar-refractivity contribution in [2.24, 2.45) is 5.14 Å². The van der Waals surface area contributed by atoms with E-state index in [0.29, 0.717) is 0 Å². The lowest BCUT2D eigenvalue weighted by molar-refractivity contribution is -0.385. The first-order valence-corrected chi connectivity index (χ1v) is 8.67. The van der Waals surface area contributed by atoms with E-state index in [-0.39, 0.29) is 15.5 Å². The summed E-state index contributed by atoms with van der Waals surface area (Å²) in [4.78, 5) is 11.1. The molecule has 0 radical (unpaired) electrons. The Balaban J connectivity index is 2.50. The van der Waals surface area contributed by atoms with Crippen LogP contribution in [0.5, 0.6) is 0 Å². The molecule has 0 spiro atoms. The molecule has 2 aromatic rings. The Kier molecular flexibility index (Phi) is 4.67. The van der Waals surface area contributed by atoms with E-state index in [1.54, 1.807) is 24.3 Å². The molecule has 2 aromatic carbocycles. The number of non-ortho nitro benzene ring substituents is 1. The van der Waals surface area contributed by atoms with E-state index in [0.717, 1.165) is 33.3 Å². The van der Waals surface area contributed by atoms with Crippen LogP contribution in [0.3, 0.4) is 0 Å². The van der Waals surface area contributed by atoms with Crippen molar-refractivity contribution in [3.05, 3.63) is 57.1 Å². The zero-order valence-corrected chi connectivity index (χ0v) is 13.6. The molecule has 0 saturated heterocycles. The van der Waals surface area contributed by atoms with Gasteiger partial charge in [0.15, 0.2) is 0 Å². The molecule has 0 atom stereocenters.